The maximum atomic E-state index is 7.48. The van der Waals surface area contributed by atoms with E-state index < -0.39 is 16.2 Å². The molecule has 0 saturated heterocycles. The summed E-state index contributed by atoms with van der Waals surface area (Å²) in [6.07, 6.45) is 1.76. The fourth-order valence-electron chi connectivity index (χ4n) is 24.5. The largest absolute Gasteiger partial charge is 0.456 e. The zero-order valence-electron chi connectivity index (χ0n) is 79.4. The molecule has 13 heteroatoms. The zero-order valence-corrected chi connectivity index (χ0v) is 79.4. The average molecular weight is 1890 g/mol. The molecule has 0 fully saturated rings. The first kappa shape index (κ1) is 84.0. The van der Waals surface area contributed by atoms with Gasteiger partial charge in [0.05, 0.1) is 32.9 Å². The quantitative estimate of drug-likeness (QED) is 0.108. The van der Waals surface area contributed by atoms with Crippen LogP contribution < -0.4 is 14.2 Å². The summed E-state index contributed by atoms with van der Waals surface area (Å²) >= 11 is 0. The highest BCUT2D eigenvalue weighted by Gasteiger charge is 2.56. The predicted octanol–water partition coefficient (Wildman–Crippen LogP) is 31.9. The van der Waals surface area contributed by atoms with Crippen LogP contribution in [0.25, 0.3) is 191 Å². The fourth-order valence-corrected chi connectivity index (χ4v) is 24.5. The lowest BCUT2D eigenvalue weighted by molar-refractivity contribution is 0.437. The third kappa shape index (κ3) is 12.6. The molecule has 3 aliphatic carbocycles. The zero-order chi connectivity index (χ0) is 97.3. The first-order valence-corrected chi connectivity index (χ1v) is 50.0. The van der Waals surface area contributed by atoms with E-state index in [4.69, 9.17) is 64.1 Å². The van der Waals surface area contributed by atoms with Crippen molar-refractivity contribution in [2.45, 2.75) is 16.2 Å². The molecule has 4 aromatic heterocycles. The van der Waals surface area contributed by atoms with Crippen molar-refractivity contribution in [2.75, 3.05) is 0 Å². The van der Waals surface area contributed by atoms with Crippen LogP contribution in [0.2, 0.25) is 0 Å². The molecule has 24 aromatic rings. The molecule has 0 amide bonds. The van der Waals surface area contributed by atoms with Gasteiger partial charge in [0.1, 0.15) is 40.2 Å². The Balaban J connectivity index is 0.513. The van der Waals surface area contributed by atoms with E-state index in [0.717, 1.165) is 195 Å². The number of nitrogens with zero attached hydrogens (tertiary/aromatic N) is 10. The summed E-state index contributed by atoms with van der Waals surface area (Å²) < 4.78 is 22.0. The van der Waals surface area contributed by atoms with Gasteiger partial charge in [0.25, 0.3) is 0 Å². The smallest absolute Gasteiger partial charge is 0.182 e. The van der Waals surface area contributed by atoms with Crippen LogP contribution in [0.15, 0.2) is 485 Å². The van der Waals surface area contributed by atoms with Crippen molar-refractivity contribution >= 4 is 10.8 Å². The van der Waals surface area contributed by atoms with Gasteiger partial charge in [-0.15, -0.1) is 0 Å². The summed E-state index contributed by atoms with van der Waals surface area (Å²) in [4.78, 5) is 53.2. The summed E-state index contributed by atoms with van der Waals surface area (Å²) in [7, 11) is 0. The van der Waals surface area contributed by atoms with E-state index in [0.29, 0.717) is 75.4 Å². The molecule has 688 valence electrons. The molecule has 0 bridgehead atoms. The normalized spacial score (nSPS) is 14.8. The minimum absolute atomic E-state index is 0.460. The Morgan fingerprint density at radius 1 is 0.155 bits per heavy atom. The van der Waals surface area contributed by atoms with Crippen LogP contribution in [0.4, 0.5) is 0 Å². The molecule has 13 nitrogen and oxygen atoms in total. The molecule has 3 spiro atoms. The molecule has 6 aliphatic rings. The number of hydrogen-bond acceptors (Lipinski definition) is 13. The Hall–Kier alpha value is -19.8. The molecule has 0 saturated carbocycles. The minimum atomic E-state index is -0.860. The van der Waals surface area contributed by atoms with E-state index in [9.17, 15) is 0 Å². The van der Waals surface area contributed by atoms with Crippen LogP contribution in [0.1, 0.15) is 66.8 Å². The summed E-state index contributed by atoms with van der Waals surface area (Å²) in [6.45, 7) is 0. The highest BCUT2D eigenvalue weighted by molar-refractivity contribution is 6.04. The monoisotopic (exact) mass is 1890 g/mol. The molecule has 7 heterocycles. The number of pyridine rings is 1. The number of ether oxygens (including phenoxy) is 3. The molecular weight excluding hydrogens is 1810 g/mol. The number of benzene rings is 20. The highest BCUT2D eigenvalue weighted by Crippen LogP contribution is 2.69. The van der Waals surface area contributed by atoms with Gasteiger partial charge in [-0.25, -0.2) is 44.9 Å². The lowest BCUT2D eigenvalue weighted by Gasteiger charge is -2.40. The fraction of sp³-hybridized carbons (Fsp3) is 0.0222. The molecule has 20 aromatic carbocycles. The lowest BCUT2D eigenvalue weighted by atomic mass is 9.65. The lowest BCUT2D eigenvalue weighted by Crippen LogP contribution is -2.32. The summed E-state index contributed by atoms with van der Waals surface area (Å²) in [5.74, 6) is 8.88. The van der Waals surface area contributed by atoms with Crippen LogP contribution >= 0.6 is 0 Å². The Bertz CT molecular complexity index is 9560. The van der Waals surface area contributed by atoms with E-state index in [-0.39, 0.29) is 0 Å². The van der Waals surface area contributed by atoms with Gasteiger partial charge in [0.15, 0.2) is 52.4 Å². The van der Waals surface area contributed by atoms with Crippen molar-refractivity contribution in [1.82, 2.24) is 49.8 Å². The number of rotatable bonds is 13. The third-order valence-electron chi connectivity index (χ3n) is 30.8. The Morgan fingerprint density at radius 2 is 0.453 bits per heavy atom. The van der Waals surface area contributed by atoms with Crippen molar-refractivity contribution in [3.05, 3.63) is 552 Å². The molecular formula is C135H80N10O3. The number of hydrogen-bond donors (Lipinski definition) is 0. The predicted molar refractivity (Wildman–Crippen MR) is 585 cm³/mol. The Kier molecular flexibility index (Phi) is 18.8. The van der Waals surface area contributed by atoms with Crippen molar-refractivity contribution in [3.8, 4) is 215 Å². The van der Waals surface area contributed by atoms with E-state index in [1.165, 1.54) is 22.3 Å². The second-order valence-electron chi connectivity index (χ2n) is 38.4. The summed E-state index contributed by atoms with van der Waals surface area (Å²) in [5, 5.41) is 2.00. The number of fused-ring (bicyclic) bond motifs is 28. The Morgan fingerprint density at radius 3 is 0.946 bits per heavy atom. The van der Waals surface area contributed by atoms with Gasteiger partial charge in [0.2, 0.25) is 0 Å². The van der Waals surface area contributed by atoms with Crippen molar-refractivity contribution in [2.24, 2.45) is 0 Å². The van der Waals surface area contributed by atoms with Crippen LogP contribution in [0.5, 0.6) is 34.5 Å². The first-order chi connectivity index (χ1) is 73.3. The van der Waals surface area contributed by atoms with Gasteiger partial charge < -0.3 is 14.2 Å². The van der Waals surface area contributed by atoms with E-state index in [2.05, 4.69) is 400 Å². The second kappa shape index (κ2) is 33.2. The molecule has 2 unspecified atom stereocenters. The molecule has 0 radical (unpaired) electrons. The van der Waals surface area contributed by atoms with Gasteiger partial charge in [-0.3, -0.25) is 4.98 Å². The first-order valence-electron chi connectivity index (χ1n) is 50.0. The van der Waals surface area contributed by atoms with Gasteiger partial charge in [-0.2, -0.15) is 0 Å². The maximum absolute atomic E-state index is 7.48. The van der Waals surface area contributed by atoms with Crippen LogP contribution in [-0.2, 0) is 16.2 Å². The summed E-state index contributed by atoms with van der Waals surface area (Å²) in [5.41, 5.74) is 33.4. The highest BCUT2D eigenvalue weighted by atomic mass is 16.5. The molecule has 0 N–H and O–H groups in total. The molecule has 148 heavy (non-hydrogen) atoms. The van der Waals surface area contributed by atoms with Gasteiger partial charge in [-0.05, 0) is 183 Å². The topological polar surface area (TPSA) is 157 Å². The van der Waals surface area contributed by atoms with Crippen molar-refractivity contribution < 1.29 is 14.2 Å². The van der Waals surface area contributed by atoms with Gasteiger partial charge in [0, 0.05) is 67.4 Å². The van der Waals surface area contributed by atoms with Gasteiger partial charge in [-0.1, -0.05) is 419 Å². The standard InChI is InChI=1S/C135H80N10O3/c1-4-33-81(34-5-1)82-66-70-86(71-67-82)126-137-127(142-129(141-126)100-48-30-59-113-121(100)146-117-63-23-20-55-109(117)133(113)104-51-16-12-42-95(104)96-43-13-17-52-105(96)133)87-72-68-83(69-73-87)91-40-10-11-41-92(91)90-75-77-108-103(80-90)97-44-14-18-53-106(97)134(108)110-56-21-24-64-118(110)147-122-101(49-31-60-114(122)134)130-139-124(84-35-6-2-7-36-84)138-128(144-130)98-47-28-39-88-79-89(74-76-93(88)98)94-46-29-58-112-120(94)99-45-15-19-54-107(99)135(112)111-57-22-25-65-119(111)148-123-102(50-32-61-115(123)135)131-140-125(85-37-8-3-9-38-85)143-132(145-131)116-62-26-27-78-136-116/h1-80H. The SMILES string of the molecule is c1ccc(-c2ccc(-c3nc(-c4ccc(-c5ccccc5-c5ccc6c(c5)-c5ccccc5C65c6ccccc6Oc6c(-c7nc(-c8ccccc8)nc(-c8cccc9cc(-c%10cccc%11c%10-c%10ccccc%10C%11%10c%11ccccc%11Oc%11c(-c%12nc(-c%13ccccc%13)nc(-c%13ccccn%13)n%12)cccc%11%10)ccc89)n7)cccc65)cc4)nc(-c4cccc5c4Oc4ccccc4C54c5ccccc5-c5ccccc54)n3)cc2)cc1. The minimum Gasteiger partial charge on any atom is -0.456 e. The third-order valence-corrected chi connectivity index (χ3v) is 30.8. The van der Waals surface area contributed by atoms with Crippen LogP contribution in [-0.4, -0.2) is 49.8 Å². The van der Waals surface area contributed by atoms with E-state index >= 15 is 0 Å². The maximum Gasteiger partial charge on any atom is 0.182 e. The molecule has 3 aliphatic heterocycles. The Labute approximate surface area is 852 Å². The van der Waals surface area contributed by atoms with E-state index in [1.807, 2.05) is 78.9 Å². The van der Waals surface area contributed by atoms with Gasteiger partial charge >= 0.3 is 0 Å². The molecule has 2 atom stereocenters. The van der Waals surface area contributed by atoms with Crippen molar-refractivity contribution in [1.29, 1.82) is 0 Å². The molecule has 30 rings (SSSR count). The second-order valence-corrected chi connectivity index (χ2v) is 38.4. The van der Waals surface area contributed by atoms with Crippen LogP contribution in [0.3, 0.4) is 0 Å². The van der Waals surface area contributed by atoms with Crippen molar-refractivity contribution in [3.63, 3.8) is 0 Å². The van der Waals surface area contributed by atoms with Crippen LogP contribution in [0, 0.1) is 0 Å². The number of para-hydroxylation sites is 6. The number of aromatic nitrogens is 10. The van der Waals surface area contributed by atoms with E-state index in [1.54, 1.807) is 6.20 Å². The summed E-state index contributed by atoms with van der Waals surface area (Å²) in [6, 6.07) is 170. The average Bonchev–Trinajstić information content (AvgIpc) is 1.54.